The summed E-state index contributed by atoms with van der Waals surface area (Å²) in [5, 5.41) is 4.36. The van der Waals surface area contributed by atoms with Gasteiger partial charge in [-0.2, -0.15) is 0 Å². The maximum absolute atomic E-state index is 13.3. The second-order valence-corrected chi connectivity index (χ2v) is 6.15. The highest BCUT2D eigenvalue weighted by Gasteiger charge is 2.20. The highest BCUT2D eigenvalue weighted by atomic mass is 32.1. The van der Waals surface area contributed by atoms with Gasteiger partial charge in [0, 0.05) is 17.1 Å². The molecule has 3 rings (SSSR count). The number of hydrogen-bond acceptors (Lipinski definition) is 5. The zero-order chi connectivity index (χ0) is 18.7. The molecule has 0 unspecified atom stereocenters. The number of nitrogens with one attached hydrogen (secondary N) is 2. The molecule has 0 bridgehead atoms. The molecule has 0 spiro atoms. The summed E-state index contributed by atoms with van der Waals surface area (Å²) in [7, 11) is 0. The van der Waals surface area contributed by atoms with Gasteiger partial charge in [0.2, 0.25) is 0 Å². The number of anilines is 1. The smallest absolute Gasteiger partial charge is 0.355 e. The van der Waals surface area contributed by atoms with E-state index in [9.17, 15) is 18.4 Å². The number of amides is 1. The minimum absolute atomic E-state index is 0.236. The molecule has 2 heterocycles. The van der Waals surface area contributed by atoms with Crippen LogP contribution < -0.4 is 5.32 Å². The van der Waals surface area contributed by atoms with Crippen molar-refractivity contribution in [3.63, 3.8) is 0 Å². The summed E-state index contributed by atoms with van der Waals surface area (Å²) >= 11 is 1.11. The predicted octanol–water partition coefficient (Wildman–Crippen LogP) is 3.60. The lowest BCUT2D eigenvalue weighted by Gasteiger charge is -2.11. The zero-order valence-corrected chi connectivity index (χ0v) is 14.3. The van der Waals surface area contributed by atoms with Crippen molar-refractivity contribution < 1.29 is 23.1 Å². The number of hydrogen-bond donors (Lipinski definition) is 2. The van der Waals surface area contributed by atoms with Gasteiger partial charge in [-0.05, 0) is 37.3 Å². The summed E-state index contributed by atoms with van der Waals surface area (Å²) in [5.74, 6) is -3.14. The fourth-order valence-corrected chi connectivity index (χ4v) is 2.78. The Morgan fingerprint density at radius 3 is 2.77 bits per heavy atom. The number of carbonyl (C=O) groups excluding carboxylic acids is 2. The van der Waals surface area contributed by atoms with Crippen molar-refractivity contribution in [2.24, 2.45) is 0 Å². The van der Waals surface area contributed by atoms with E-state index in [1.54, 1.807) is 17.6 Å². The first-order chi connectivity index (χ1) is 12.4. The molecule has 0 radical (unpaired) electrons. The number of aromatic nitrogens is 2. The average molecular weight is 377 g/mol. The highest BCUT2D eigenvalue weighted by molar-refractivity contribution is 7.14. The van der Waals surface area contributed by atoms with Gasteiger partial charge in [0.05, 0.1) is 5.69 Å². The van der Waals surface area contributed by atoms with Crippen LogP contribution in [0.3, 0.4) is 0 Å². The Balaban J connectivity index is 1.63. The fraction of sp³-hybridized carbons (Fsp3) is 0.118. The third-order valence-electron chi connectivity index (χ3n) is 3.42. The average Bonchev–Trinajstić information content (AvgIpc) is 3.29. The molecule has 134 valence electrons. The normalized spacial score (nSPS) is 11.8. The maximum atomic E-state index is 13.3. The molecule has 0 aliphatic heterocycles. The Bertz CT molecular complexity index is 941. The second-order valence-electron chi connectivity index (χ2n) is 5.29. The van der Waals surface area contributed by atoms with E-state index in [0.717, 1.165) is 23.5 Å². The van der Waals surface area contributed by atoms with E-state index in [-0.39, 0.29) is 10.8 Å². The Hall–Kier alpha value is -3.07. The lowest BCUT2D eigenvalue weighted by Crippen LogP contribution is -2.30. The Labute approximate surface area is 150 Å². The number of halogens is 2. The standard InChI is InChI=1S/C17H13F2N3O3S/c1-9(25-16(24)13-3-2-6-20-13)15(23)22-17-21-14(8-26-17)10-4-5-11(18)12(19)7-10/h2-9,20H,1H3,(H,21,22,23)/t9-/m0/s1. The van der Waals surface area contributed by atoms with Crippen molar-refractivity contribution in [1.82, 2.24) is 9.97 Å². The minimum Gasteiger partial charge on any atom is -0.448 e. The van der Waals surface area contributed by atoms with E-state index in [2.05, 4.69) is 15.3 Å². The van der Waals surface area contributed by atoms with Crippen molar-refractivity contribution in [2.75, 3.05) is 5.32 Å². The number of aromatic amines is 1. The molecule has 1 atom stereocenters. The van der Waals surface area contributed by atoms with Crippen LogP contribution in [0.4, 0.5) is 13.9 Å². The Morgan fingerprint density at radius 1 is 1.27 bits per heavy atom. The molecule has 0 aliphatic rings. The molecular weight excluding hydrogens is 364 g/mol. The third-order valence-corrected chi connectivity index (χ3v) is 4.18. The van der Waals surface area contributed by atoms with Crippen molar-refractivity contribution >= 4 is 28.3 Å². The summed E-state index contributed by atoms with van der Waals surface area (Å²) < 4.78 is 31.4. The number of esters is 1. The summed E-state index contributed by atoms with van der Waals surface area (Å²) in [5.41, 5.74) is 1.01. The molecule has 0 saturated carbocycles. The number of H-pyrrole nitrogens is 1. The monoisotopic (exact) mass is 377 g/mol. The molecular formula is C17H13F2N3O3S. The Kier molecular flexibility index (Phi) is 5.08. The molecule has 2 N–H and O–H groups in total. The fourth-order valence-electron chi connectivity index (χ4n) is 2.06. The van der Waals surface area contributed by atoms with Gasteiger partial charge in [-0.3, -0.25) is 10.1 Å². The van der Waals surface area contributed by atoms with Crippen molar-refractivity contribution in [3.05, 3.63) is 59.2 Å². The lowest BCUT2D eigenvalue weighted by molar-refractivity contribution is -0.123. The number of carbonyl (C=O) groups is 2. The molecule has 0 aliphatic carbocycles. The molecule has 0 saturated heterocycles. The second kappa shape index (κ2) is 7.44. The van der Waals surface area contributed by atoms with Crippen molar-refractivity contribution in [2.45, 2.75) is 13.0 Å². The molecule has 26 heavy (non-hydrogen) atoms. The quantitative estimate of drug-likeness (QED) is 0.666. The molecule has 3 aromatic rings. The van der Waals surface area contributed by atoms with E-state index in [1.807, 2.05) is 0 Å². The van der Waals surface area contributed by atoms with Crippen LogP contribution in [0.1, 0.15) is 17.4 Å². The lowest BCUT2D eigenvalue weighted by atomic mass is 10.2. The number of benzene rings is 1. The van der Waals surface area contributed by atoms with E-state index < -0.39 is 29.6 Å². The first-order valence-electron chi connectivity index (χ1n) is 7.50. The van der Waals surface area contributed by atoms with Crippen LogP contribution in [0.2, 0.25) is 0 Å². The molecule has 1 amide bonds. The van der Waals surface area contributed by atoms with Gasteiger partial charge < -0.3 is 9.72 Å². The molecule has 1 aromatic carbocycles. The Morgan fingerprint density at radius 2 is 2.08 bits per heavy atom. The van der Waals surface area contributed by atoms with E-state index in [0.29, 0.717) is 11.3 Å². The first-order valence-corrected chi connectivity index (χ1v) is 8.38. The number of ether oxygens (including phenoxy) is 1. The predicted molar refractivity (Wildman–Crippen MR) is 91.8 cm³/mol. The van der Waals surface area contributed by atoms with E-state index in [1.165, 1.54) is 19.1 Å². The van der Waals surface area contributed by atoms with Crippen molar-refractivity contribution in [1.29, 1.82) is 0 Å². The summed E-state index contributed by atoms with van der Waals surface area (Å²) in [6.07, 6.45) is 0.526. The van der Waals surface area contributed by atoms with Gasteiger partial charge in [0.1, 0.15) is 5.69 Å². The molecule has 9 heteroatoms. The van der Waals surface area contributed by atoms with Crippen LogP contribution in [-0.2, 0) is 9.53 Å². The molecule has 0 fully saturated rings. The van der Waals surface area contributed by atoms with Crippen LogP contribution in [0.5, 0.6) is 0 Å². The number of thiazole rings is 1. The van der Waals surface area contributed by atoms with Gasteiger partial charge >= 0.3 is 5.97 Å². The van der Waals surface area contributed by atoms with Gasteiger partial charge in [0.15, 0.2) is 22.9 Å². The number of nitrogens with zero attached hydrogens (tertiary/aromatic N) is 1. The van der Waals surface area contributed by atoms with Crippen LogP contribution in [0.25, 0.3) is 11.3 Å². The number of rotatable bonds is 5. The van der Waals surface area contributed by atoms with Crippen molar-refractivity contribution in [3.8, 4) is 11.3 Å². The maximum Gasteiger partial charge on any atom is 0.355 e. The molecule has 6 nitrogen and oxygen atoms in total. The minimum atomic E-state index is -1.04. The van der Waals surface area contributed by atoms with Gasteiger partial charge in [0.25, 0.3) is 5.91 Å². The molecule has 2 aromatic heterocycles. The highest BCUT2D eigenvalue weighted by Crippen LogP contribution is 2.26. The topological polar surface area (TPSA) is 84.1 Å². The zero-order valence-electron chi connectivity index (χ0n) is 13.5. The summed E-state index contributed by atoms with van der Waals surface area (Å²) in [6, 6.07) is 6.58. The summed E-state index contributed by atoms with van der Waals surface area (Å²) in [6.45, 7) is 1.43. The van der Waals surface area contributed by atoms with Crippen LogP contribution in [0, 0.1) is 11.6 Å². The summed E-state index contributed by atoms with van der Waals surface area (Å²) in [4.78, 5) is 30.8. The largest absolute Gasteiger partial charge is 0.448 e. The van der Waals surface area contributed by atoms with E-state index in [4.69, 9.17) is 4.74 Å². The van der Waals surface area contributed by atoms with E-state index >= 15 is 0 Å². The van der Waals surface area contributed by atoms with Crippen LogP contribution >= 0.6 is 11.3 Å². The van der Waals surface area contributed by atoms with Gasteiger partial charge in [-0.15, -0.1) is 11.3 Å². The van der Waals surface area contributed by atoms with Gasteiger partial charge in [-0.1, -0.05) is 0 Å². The van der Waals surface area contributed by atoms with Crippen LogP contribution in [-0.4, -0.2) is 27.9 Å². The van der Waals surface area contributed by atoms with Gasteiger partial charge in [-0.25, -0.2) is 18.6 Å². The van der Waals surface area contributed by atoms with Crippen LogP contribution in [0.15, 0.2) is 41.9 Å². The SMILES string of the molecule is C[C@H](OC(=O)c1ccc[nH]1)C(=O)Nc1nc(-c2ccc(F)c(F)c2)cs1. The first kappa shape index (κ1) is 17.7. The third kappa shape index (κ3) is 3.94.